The predicted octanol–water partition coefficient (Wildman–Crippen LogP) is 4.67. The van der Waals surface area contributed by atoms with Crippen LogP contribution in [0.1, 0.15) is 44.6 Å². The topological polar surface area (TPSA) is 26.0 Å². The highest BCUT2D eigenvalue weighted by Gasteiger charge is 2.25. The van der Waals surface area contributed by atoms with Gasteiger partial charge in [-0.1, -0.05) is 42.1 Å². The summed E-state index contributed by atoms with van der Waals surface area (Å²) in [4.78, 5) is 0. The van der Waals surface area contributed by atoms with Crippen LogP contribution >= 0.6 is 15.9 Å². The van der Waals surface area contributed by atoms with Gasteiger partial charge in [0.1, 0.15) is 5.82 Å². The van der Waals surface area contributed by atoms with Gasteiger partial charge in [-0.05, 0) is 54.9 Å². The van der Waals surface area contributed by atoms with Crippen LogP contribution in [0.2, 0.25) is 0 Å². The van der Waals surface area contributed by atoms with Crippen molar-refractivity contribution in [3.63, 3.8) is 0 Å². The molecule has 0 amide bonds. The lowest BCUT2D eigenvalue weighted by Crippen LogP contribution is -2.35. The van der Waals surface area contributed by atoms with Crippen LogP contribution in [0.3, 0.4) is 0 Å². The fourth-order valence-electron chi connectivity index (χ4n) is 3.26. The lowest BCUT2D eigenvalue weighted by atomic mass is 9.76. The fourth-order valence-corrected chi connectivity index (χ4v) is 3.77. The summed E-state index contributed by atoms with van der Waals surface area (Å²) in [6.07, 6.45) is 7.16. The molecule has 1 aliphatic carbocycles. The molecule has 3 atom stereocenters. The van der Waals surface area contributed by atoms with E-state index < -0.39 is 0 Å². The zero-order chi connectivity index (χ0) is 13.8. The Hall–Kier alpha value is -0.410. The van der Waals surface area contributed by atoms with E-state index in [9.17, 15) is 4.39 Å². The maximum atomic E-state index is 13.4. The summed E-state index contributed by atoms with van der Waals surface area (Å²) in [7, 11) is 0. The van der Waals surface area contributed by atoms with Crippen molar-refractivity contribution >= 4 is 15.9 Å². The minimum absolute atomic E-state index is 0.156. The average Bonchev–Trinajstić information content (AvgIpc) is 2.37. The molecule has 106 valence electrons. The van der Waals surface area contributed by atoms with Crippen molar-refractivity contribution < 1.29 is 4.39 Å². The van der Waals surface area contributed by atoms with Crippen LogP contribution < -0.4 is 5.73 Å². The van der Waals surface area contributed by atoms with Crippen molar-refractivity contribution in [3.8, 4) is 0 Å². The van der Waals surface area contributed by atoms with Gasteiger partial charge < -0.3 is 5.73 Å². The summed E-state index contributed by atoms with van der Waals surface area (Å²) < 4.78 is 14.2. The van der Waals surface area contributed by atoms with Crippen LogP contribution in [-0.4, -0.2) is 6.04 Å². The summed E-state index contributed by atoms with van der Waals surface area (Å²) in [6.45, 7) is 2.27. The van der Waals surface area contributed by atoms with Gasteiger partial charge in [0.25, 0.3) is 0 Å². The molecule has 1 aromatic carbocycles. The molecule has 0 spiro atoms. The van der Waals surface area contributed by atoms with Crippen molar-refractivity contribution in [3.05, 3.63) is 34.1 Å². The van der Waals surface area contributed by atoms with E-state index in [0.717, 1.165) is 22.4 Å². The predicted molar refractivity (Wildman–Crippen MR) is 81.5 cm³/mol. The van der Waals surface area contributed by atoms with Gasteiger partial charge in [-0.25, -0.2) is 4.39 Å². The molecule has 3 unspecified atom stereocenters. The molecule has 0 bridgehead atoms. The third-order valence-electron chi connectivity index (χ3n) is 4.40. The second-order valence-electron chi connectivity index (χ2n) is 5.85. The molecule has 1 aromatic rings. The smallest absolute Gasteiger partial charge is 0.124 e. The SMILES string of the molecule is CCC1CCCC(C(N)Cc2cc(F)cc(Br)c2)C1. The standard InChI is InChI=1S/C16H23BrFN/c1-2-11-4-3-5-13(6-11)16(19)9-12-7-14(17)10-15(18)8-12/h7-8,10-11,13,16H,2-6,9,19H2,1H3. The molecule has 1 aliphatic rings. The quantitative estimate of drug-likeness (QED) is 0.854. The third kappa shape index (κ3) is 4.28. The first-order valence-corrected chi connectivity index (χ1v) is 8.08. The fraction of sp³-hybridized carbons (Fsp3) is 0.625. The third-order valence-corrected chi connectivity index (χ3v) is 4.86. The van der Waals surface area contributed by atoms with E-state index in [1.165, 1.54) is 38.2 Å². The zero-order valence-electron chi connectivity index (χ0n) is 11.5. The normalized spacial score (nSPS) is 25.3. The van der Waals surface area contributed by atoms with Gasteiger partial charge in [-0.15, -0.1) is 0 Å². The molecule has 0 heterocycles. The average molecular weight is 328 g/mol. The van der Waals surface area contributed by atoms with Crippen LogP contribution in [0.25, 0.3) is 0 Å². The Morgan fingerprint density at radius 3 is 2.84 bits per heavy atom. The summed E-state index contributed by atoms with van der Waals surface area (Å²) >= 11 is 3.34. The lowest BCUT2D eigenvalue weighted by molar-refractivity contribution is 0.228. The number of benzene rings is 1. The van der Waals surface area contributed by atoms with Gasteiger partial charge in [-0.3, -0.25) is 0 Å². The maximum absolute atomic E-state index is 13.4. The van der Waals surface area contributed by atoms with E-state index in [2.05, 4.69) is 22.9 Å². The summed E-state index contributed by atoms with van der Waals surface area (Å²) in [5.41, 5.74) is 7.36. The molecule has 1 saturated carbocycles. The Morgan fingerprint density at radius 1 is 1.37 bits per heavy atom. The van der Waals surface area contributed by atoms with Crippen LogP contribution in [-0.2, 0) is 6.42 Å². The van der Waals surface area contributed by atoms with Gasteiger partial charge in [0.05, 0.1) is 0 Å². The number of nitrogens with two attached hydrogens (primary N) is 1. The largest absolute Gasteiger partial charge is 0.327 e. The molecule has 0 aromatic heterocycles. The lowest BCUT2D eigenvalue weighted by Gasteiger charge is -2.32. The molecule has 1 fully saturated rings. The Balaban J connectivity index is 1.98. The van der Waals surface area contributed by atoms with Gasteiger partial charge in [0, 0.05) is 10.5 Å². The van der Waals surface area contributed by atoms with E-state index in [1.54, 1.807) is 6.07 Å². The first-order chi connectivity index (χ1) is 9.08. The van der Waals surface area contributed by atoms with Crippen molar-refractivity contribution in [2.45, 2.75) is 51.5 Å². The monoisotopic (exact) mass is 327 g/mol. The highest BCUT2D eigenvalue weighted by molar-refractivity contribution is 9.10. The Morgan fingerprint density at radius 2 is 2.16 bits per heavy atom. The van der Waals surface area contributed by atoms with Crippen LogP contribution in [0.15, 0.2) is 22.7 Å². The van der Waals surface area contributed by atoms with E-state index in [-0.39, 0.29) is 11.9 Å². The van der Waals surface area contributed by atoms with E-state index >= 15 is 0 Å². The second-order valence-corrected chi connectivity index (χ2v) is 6.76. The first-order valence-electron chi connectivity index (χ1n) is 7.29. The Labute approximate surface area is 123 Å². The highest BCUT2D eigenvalue weighted by atomic mass is 79.9. The van der Waals surface area contributed by atoms with E-state index in [4.69, 9.17) is 5.73 Å². The second kappa shape index (κ2) is 6.85. The first kappa shape index (κ1) is 15.0. The van der Waals surface area contributed by atoms with Crippen LogP contribution in [0.4, 0.5) is 4.39 Å². The molecule has 0 aliphatic heterocycles. The number of hydrogen-bond donors (Lipinski definition) is 1. The number of rotatable bonds is 4. The van der Waals surface area contributed by atoms with Gasteiger partial charge >= 0.3 is 0 Å². The maximum Gasteiger partial charge on any atom is 0.124 e. The summed E-state index contributed by atoms with van der Waals surface area (Å²) in [6, 6.07) is 5.22. The van der Waals surface area contributed by atoms with Crippen LogP contribution in [0, 0.1) is 17.7 Å². The van der Waals surface area contributed by atoms with Crippen molar-refractivity contribution in [2.24, 2.45) is 17.6 Å². The van der Waals surface area contributed by atoms with Crippen molar-refractivity contribution in [1.82, 2.24) is 0 Å². The molecule has 0 radical (unpaired) electrons. The molecular weight excluding hydrogens is 305 g/mol. The molecule has 2 N–H and O–H groups in total. The van der Waals surface area contributed by atoms with Crippen molar-refractivity contribution in [1.29, 1.82) is 0 Å². The number of hydrogen-bond acceptors (Lipinski definition) is 1. The van der Waals surface area contributed by atoms with Gasteiger partial charge in [-0.2, -0.15) is 0 Å². The molecular formula is C16H23BrFN. The van der Waals surface area contributed by atoms with Crippen molar-refractivity contribution in [2.75, 3.05) is 0 Å². The highest BCUT2D eigenvalue weighted by Crippen LogP contribution is 2.33. The summed E-state index contributed by atoms with van der Waals surface area (Å²) in [5.74, 6) is 1.25. The Kier molecular flexibility index (Phi) is 5.40. The molecule has 19 heavy (non-hydrogen) atoms. The van der Waals surface area contributed by atoms with Gasteiger partial charge in [0.2, 0.25) is 0 Å². The zero-order valence-corrected chi connectivity index (χ0v) is 13.1. The van der Waals surface area contributed by atoms with E-state index in [0.29, 0.717) is 5.92 Å². The molecule has 1 nitrogen and oxygen atoms in total. The van der Waals surface area contributed by atoms with E-state index in [1.807, 2.05) is 6.07 Å². The number of halogens is 2. The van der Waals surface area contributed by atoms with Gasteiger partial charge in [0.15, 0.2) is 0 Å². The Bertz CT molecular complexity index is 401. The van der Waals surface area contributed by atoms with Crippen LogP contribution in [0.5, 0.6) is 0 Å². The minimum atomic E-state index is -0.188. The molecule has 3 heteroatoms. The summed E-state index contributed by atoms with van der Waals surface area (Å²) in [5, 5.41) is 0. The molecule has 2 rings (SSSR count). The molecule has 0 saturated heterocycles. The minimum Gasteiger partial charge on any atom is -0.327 e.